The lowest BCUT2D eigenvalue weighted by Gasteiger charge is -2.17. The molecular weight excluding hydrogens is 342 g/mol. The number of hydrogen-bond donors (Lipinski definition) is 1. The van der Waals surface area contributed by atoms with E-state index in [1.54, 1.807) is 11.8 Å². The van der Waals surface area contributed by atoms with E-state index in [-0.39, 0.29) is 5.91 Å². The lowest BCUT2D eigenvalue weighted by Crippen LogP contribution is -2.22. The van der Waals surface area contributed by atoms with Gasteiger partial charge < -0.3 is 0 Å². The van der Waals surface area contributed by atoms with Crippen LogP contribution in [0.1, 0.15) is 25.4 Å². The summed E-state index contributed by atoms with van der Waals surface area (Å²) in [4.78, 5) is 22.6. The molecule has 0 radical (unpaired) electrons. The van der Waals surface area contributed by atoms with Gasteiger partial charge in [-0.05, 0) is 12.1 Å². The maximum Gasteiger partial charge on any atom is 0.230 e. The molecule has 124 valence electrons. The molecule has 0 saturated heterocycles. The number of nitrogens with zero attached hydrogens (tertiary/aromatic N) is 4. The maximum absolute atomic E-state index is 12.0. The number of aryl methyl sites for hydroxylation is 1. The van der Waals surface area contributed by atoms with Crippen LogP contribution in [0, 0.1) is 0 Å². The molecule has 0 bridgehead atoms. The summed E-state index contributed by atoms with van der Waals surface area (Å²) in [6.45, 7) is 3.57. The molecule has 1 aromatic carbocycles. The molecule has 24 heavy (non-hydrogen) atoms. The van der Waals surface area contributed by atoms with Gasteiger partial charge in [-0.1, -0.05) is 36.9 Å². The van der Waals surface area contributed by atoms with E-state index in [1.165, 1.54) is 23.1 Å². The Hall–Kier alpha value is -2.19. The number of thioether (sulfide) groups is 1. The predicted molar refractivity (Wildman–Crippen MR) is 96.7 cm³/mol. The van der Waals surface area contributed by atoms with Crippen LogP contribution in [0.25, 0.3) is 0 Å². The lowest BCUT2D eigenvalue weighted by atomic mass is 10.3. The van der Waals surface area contributed by atoms with Gasteiger partial charge in [-0.3, -0.25) is 14.8 Å². The number of carbonyl (C=O) groups is 1. The van der Waals surface area contributed by atoms with Crippen molar-refractivity contribution in [3.63, 3.8) is 0 Å². The van der Waals surface area contributed by atoms with Crippen molar-refractivity contribution in [2.45, 2.75) is 31.2 Å². The van der Waals surface area contributed by atoms with Crippen molar-refractivity contribution in [2.24, 2.45) is 0 Å². The molecule has 2 aromatic heterocycles. The second-order valence-corrected chi connectivity index (χ2v) is 6.80. The van der Waals surface area contributed by atoms with Gasteiger partial charge in [0.15, 0.2) is 5.13 Å². The number of anilines is 2. The fraction of sp³-hybridized carbons (Fsp3) is 0.250. The molecule has 0 spiro atoms. The van der Waals surface area contributed by atoms with Crippen LogP contribution in [0.3, 0.4) is 0 Å². The summed E-state index contributed by atoms with van der Waals surface area (Å²) >= 11 is 2.98. The number of aromatic nitrogens is 4. The Morgan fingerprint density at radius 3 is 2.75 bits per heavy atom. The van der Waals surface area contributed by atoms with Gasteiger partial charge in [0, 0.05) is 24.5 Å². The zero-order valence-electron chi connectivity index (χ0n) is 13.4. The SMILES string of the molecule is CCc1nc(SCc2csc(N(C(C)=O)c3ccccc3)n2)n[nH]1. The van der Waals surface area contributed by atoms with Gasteiger partial charge in [-0.2, -0.15) is 0 Å². The van der Waals surface area contributed by atoms with E-state index in [1.807, 2.05) is 42.6 Å². The van der Waals surface area contributed by atoms with Crippen LogP contribution in [0.2, 0.25) is 0 Å². The van der Waals surface area contributed by atoms with Crippen LogP contribution in [0.4, 0.5) is 10.8 Å². The van der Waals surface area contributed by atoms with Crippen LogP contribution in [-0.2, 0) is 17.0 Å². The minimum atomic E-state index is -0.0590. The molecule has 0 unspecified atom stereocenters. The molecule has 1 N–H and O–H groups in total. The van der Waals surface area contributed by atoms with Gasteiger partial charge in [0.25, 0.3) is 0 Å². The zero-order chi connectivity index (χ0) is 16.9. The molecule has 0 aliphatic rings. The summed E-state index contributed by atoms with van der Waals surface area (Å²) in [5.74, 6) is 1.48. The summed E-state index contributed by atoms with van der Waals surface area (Å²) in [5, 5.41) is 10.4. The largest absolute Gasteiger partial charge is 0.274 e. The Morgan fingerprint density at radius 1 is 1.29 bits per heavy atom. The average Bonchev–Trinajstić information content (AvgIpc) is 3.23. The van der Waals surface area contributed by atoms with E-state index in [0.717, 1.165) is 23.6 Å². The summed E-state index contributed by atoms with van der Waals surface area (Å²) in [6, 6.07) is 9.54. The maximum atomic E-state index is 12.0. The van der Waals surface area contributed by atoms with E-state index in [4.69, 9.17) is 0 Å². The fourth-order valence-electron chi connectivity index (χ4n) is 2.11. The molecular formula is C16H17N5OS2. The molecule has 3 rings (SSSR count). The smallest absolute Gasteiger partial charge is 0.230 e. The van der Waals surface area contributed by atoms with Crippen molar-refractivity contribution in [3.8, 4) is 0 Å². The van der Waals surface area contributed by atoms with Gasteiger partial charge in [-0.15, -0.1) is 16.4 Å². The van der Waals surface area contributed by atoms with E-state index < -0.39 is 0 Å². The number of thiazole rings is 1. The van der Waals surface area contributed by atoms with Gasteiger partial charge in [0.1, 0.15) is 5.82 Å². The highest BCUT2D eigenvalue weighted by molar-refractivity contribution is 7.98. The third-order valence-corrected chi connectivity index (χ3v) is 5.01. The summed E-state index contributed by atoms with van der Waals surface area (Å²) in [6.07, 6.45) is 0.832. The first-order valence-electron chi connectivity index (χ1n) is 7.51. The number of aromatic amines is 1. The molecule has 1 amide bonds. The number of amides is 1. The predicted octanol–water partition coefficient (Wildman–Crippen LogP) is 3.80. The van der Waals surface area contributed by atoms with E-state index >= 15 is 0 Å². The lowest BCUT2D eigenvalue weighted by molar-refractivity contribution is -0.115. The summed E-state index contributed by atoms with van der Waals surface area (Å²) in [7, 11) is 0. The number of H-pyrrole nitrogens is 1. The number of nitrogens with one attached hydrogen (secondary N) is 1. The highest BCUT2D eigenvalue weighted by atomic mass is 32.2. The van der Waals surface area contributed by atoms with Crippen LogP contribution in [0.15, 0.2) is 40.9 Å². The molecule has 0 atom stereocenters. The van der Waals surface area contributed by atoms with Gasteiger partial charge >= 0.3 is 0 Å². The van der Waals surface area contributed by atoms with Gasteiger partial charge in [0.2, 0.25) is 11.1 Å². The number of para-hydroxylation sites is 1. The Morgan fingerprint density at radius 2 is 2.08 bits per heavy atom. The highest BCUT2D eigenvalue weighted by Crippen LogP contribution is 2.30. The first-order chi connectivity index (χ1) is 11.7. The second-order valence-electron chi connectivity index (χ2n) is 5.02. The summed E-state index contributed by atoms with van der Waals surface area (Å²) in [5.41, 5.74) is 1.73. The van der Waals surface area contributed by atoms with Crippen molar-refractivity contribution < 1.29 is 4.79 Å². The normalized spacial score (nSPS) is 10.8. The zero-order valence-corrected chi connectivity index (χ0v) is 15.0. The van der Waals surface area contributed by atoms with Crippen LogP contribution < -0.4 is 4.90 Å². The molecule has 2 heterocycles. The Bertz CT molecular complexity index is 815. The molecule has 0 aliphatic carbocycles. The minimum Gasteiger partial charge on any atom is -0.274 e. The topological polar surface area (TPSA) is 74.8 Å². The fourth-order valence-corrected chi connectivity index (χ4v) is 3.81. The summed E-state index contributed by atoms with van der Waals surface area (Å²) < 4.78 is 0. The number of benzene rings is 1. The molecule has 0 fully saturated rings. The Labute approximate surface area is 148 Å². The minimum absolute atomic E-state index is 0.0590. The van der Waals surface area contributed by atoms with Crippen LogP contribution in [0.5, 0.6) is 0 Å². The molecule has 6 nitrogen and oxygen atoms in total. The molecule has 0 aliphatic heterocycles. The van der Waals surface area contributed by atoms with Crippen molar-refractivity contribution >= 4 is 39.8 Å². The van der Waals surface area contributed by atoms with E-state index in [9.17, 15) is 4.79 Å². The van der Waals surface area contributed by atoms with Gasteiger partial charge in [-0.25, -0.2) is 9.97 Å². The molecule has 3 aromatic rings. The number of carbonyl (C=O) groups excluding carboxylic acids is 1. The van der Waals surface area contributed by atoms with E-state index in [0.29, 0.717) is 16.0 Å². The van der Waals surface area contributed by atoms with Gasteiger partial charge in [0.05, 0.1) is 11.4 Å². The standard InChI is InChI=1S/C16H17N5OS2/c1-3-14-18-15(20-19-14)23-9-12-10-24-16(17-12)21(11(2)22)13-7-5-4-6-8-13/h4-8,10H,3,9H2,1-2H3,(H,18,19,20). The first kappa shape index (κ1) is 16.7. The third-order valence-electron chi connectivity index (χ3n) is 3.26. The van der Waals surface area contributed by atoms with Crippen LogP contribution in [-0.4, -0.2) is 26.1 Å². The quantitative estimate of drug-likeness (QED) is 0.678. The van der Waals surface area contributed by atoms with E-state index in [2.05, 4.69) is 20.2 Å². The molecule has 8 heteroatoms. The van der Waals surface area contributed by atoms with Crippen molar-refractivity contribution in [1.82, 2.24) is 20.2 Å². The van der Waals surface area contributed by atoms with Crippen molar-refractivity contribution in [1.29, 1.82) is 0 Å². The Kier molecular flexibility index (Phi) is 5.27. The number of hydrogen-bond acceptors (Lipinski definition) is 6. The molecule has 0 saturated carbocycles. The number of rotatable bonds is 6. The van der Waals surface area contributed by atoms with Crippen LogP contribution >= 0.6 is 23.1 Å². The highest BCUT2D eigenvalue weighted by Gasteiger charge is 2.17. The second kappa shape index (κ2) is 7.59. The average molecular weight is 359 g/mol. The van der Waals surface area contributed by atoms with Crippen molar-refractivity contribution in [3.05, 3.63) is 47.2 Å². The monoisotopic (exact) mass is 359 g/mol. The first-order valence-corrected chi connectivity index (χ1v) is 9.38. The third kappa shape index (κ3) is 3.82. The Balaban J connectivity index is 1.72. The van der Waals surface area contributed by atoms with Crippen molar-refractivity contribution in [2.75, 3.05) is 4.90 Å².